The van der Waals surface area contributed by atoms with E-state index in [1.54, 1.807) is 13.1 Å². The summed E-state index contributed by atoms with van der Waals surface area (Å²) in [6.07, 6.45) is 1.65. The largest absolute Gasteiger partial charge is 0.502 e. The normalized spacial score (nSPS) is 23.7. The number of aromatic nitrogens is 1. The molecule has 0 unspecified atom stereocenters. The zero-order chi connectivity index (χ0) is 22.7. The molecule has 2 amide bonds. The molecule has 3 aliphatic rings. The lowest BCUT2D eigenvalue weighted by molar-refractivity contribution is 0.0619. The van der Waals surface area contributed by atoms with Gasteiger partial charge in [-0.1, -0.05) is 23.7 Å². The summed E-state index contributed by atoms with van der Waals surface area (Å²) in [6.45, 7) is 0.782. The van der Waals surface area contributed by atoms with Crippen LogP contribution < -0.4 is 15.8 Å². The van der Waals surface area contributed by atoms with E-state index in [0.717, 1.165) is 0 Å². The van der Waals surface area contributed by atoms with Gasteiger partial charge in [0.25, 0.3) is 11.8 Å². The molecule has 1 aromatic carbocycles. The highest BCUT2D eigenvalue weighted by Crippen LogP contribution is 2.38. The number of carbonyl (C=O) groups is 2. The fourth-order valence-electron chi connectivity index (χ4n) is 4.73. The Bertz CT molecular complexity index is 1200. The van der Waals surface area contributed by atoms with Gasteiger partial charge in [-0.15, -0.1) is 0 Å². The summed E-state index contributed by atoms with van der Waals surface area (Å²) in [5, 5.41) is 14.9. The lowest BCUT2D eigenvalue weighted by Crippen LogP contribution is -2.60. The monoisotopic (exact) mass is 462 g/mol. The standard InChI is InChI=1S/C21H20ClFN4O5/c1-25-15-5-11-8-32-9-14(11)27(15)26-7-12(18(28)19(29)17(26)21(25)31)20(30)24-6-10-3-2-4-13(22)16(10)23/h2-4,7,11,14-15,29H,5-6,8-9H2,1H3,(H,24,30)/t11-,14+,15+/m1/s1. The molecule has 3 atom stereocenters. The Balaban J connectivity index is 1.52. The Hall–Kier alpha value is -3.11. The molecule has 2 fully saturated rings. The van der Waals surface area contributed by atoms with Crippen molar-refractivity contribution in [1.82, 2.24) is 14.9 Å². The SMILES string of the molecule is CN1C(=O)c2c(O)c(=O)c(C(=O)NCc3cccc(Cl)c3F)cn2N2[C@H]3COC[C@H]3C[C@@H]12. The van der Waals surface area contributed by atoms with Crippen LogP contribution in [0.4, 0.5) is 4.39 Å². The number of carbonyl (C=O) groups excluding carboxylic acids is 2. The van der Waals surface area contributed by atoms with Crippen molar-refractivity contribution < 1.29 is 23.8 Å². The Morgan fingerprint density at radius 3 is 2.91 bits per heavy atom. The highest BCUT2D eigenvalue weighted by Gasteiger charge is 2.51. The average Bonchev–Trinajstić information content (AvgIpc) is 3.36. The van der Waals surface area contributed by atoms with Crippen LogP contribution >= 0.6 is 11.6 Å². The van der Waals surface area contributed by atoms with Crippen LogP contribution in [0.5, 0.6) is 5.75 Å². The summed E-state index contributed by atoms with van der Waals surface area (Å²) in [4.78, 5) is 40.0. The van der Waals surface area contributed by atoms with Gasteiger partial charge in [-0.25, -0.2) is 4.39 Å². The number of aromatic hydroxyl groups is 1. The topological polar surface area (TPSA) is 104 Å². The molecule has 2 saturated heterocycles. The zero-order valence-electron chi connectivity index (χ0n) is 17.0. The minimum atomic E-state index is -0.973. The fourth-order valence-corrected chi connectivity index (χ4v) is 4.93. The molecule has 0 bridgehead atoms. The quantitative estimate of drug-likeness (QED) is 0.706. The molecule has 4 heterocycles. The number of rotatable bonds is 3. The molecule has 0 spiro atoms. The van der Waals surface area contributed by atoms with E-state index in [1.807, 2.05) is 5.01 Å². The maximum atomic E-state index is 14.1. The molecule has 0 saturated carbocycles. The van der Waals surface area contributed by atoms with Crippen LogP contribution in [0.15, 0.2) is 29.2 Å². The first-order valence-electron chi connectivity index (χ1n) is 10.1. The molecule has 0 aliphatic carbocycles. The van der Waals surface area contributed by atoms with Crippen molar-refractivity contribution in [3.05, 3.63) is 62.3 Å². The first-order valence-corrected chi connectivity index (χ1v) is 10.5. The second-order valence-corrected chi connectivity index (χ2v) is 8.59. The van der Waals surface area contributed by atoms with Crippen molar-refractivity contribution in [3.8, 4) is 5.75 Å². The van der Waals surface area contributed by atoms with Crippen molar-refractivity contribution in [2.45, 2.75) is 25.2 Å². The van der Waals surface area contributed by atoms with Gasteiger partial charge in [0.1, 0.15) is 17.5 Å². The van der Waals surface area contributed by atoms with E-state index in [9.17, 15) is 23.9 Å². The van der Waals surface area contributed by atoms with Crippen molar-refractivity contribution in [1.29, 1.82) is 0 Å². The smallest absolute Gasteiger partial charge is 0.277 e. The molecule has 3 aliphatic heterocycles. The maximum absolute atomic E-state index is 14.1. The van der Waals surface area contributed by atoms with Gasteiger partial charge in [0.2, 0.25) is 5.43 Å². The molecule has 0 radical (unpaired) electrons. The second kappa shape index (κ2) is 7.49. The number of benzene rings is 1. The summed E-state index contributed by atoms with van der Waals surface area (Å²) >= 11 is 5.77. The highest BCUT2D eigenvalue weighted by atomic mass is 35.5. The predicted molar refractivity (Wildman–Crippen MR) is 112 cm³/mol. The Labute approximate surface area is 186 Å². The van der Waals surface area contributed by atoms with Crippen LogP contribution in [0.2, 0.25) is 5.02 Å². The molecular weight excluding hydrogens is 443 g/mol. The summed E-state index contributed by atoms with van der Waals surface area (Å²) < 4.78 is 21.1. The minimum absolute atomic E-state index is 0.0623. The third kappa shape index (κ3) is 2.97. The third-order valence-corrected chi connectivity index (χ3v) is 6.71. The number of pyridine rings is 1. The van der Waals surface area contributed by atoms with Crippen molar-refractivity contribution in [2.24, 2.45) is 5.92 Å². The first kappa shape index (κ1) is 20.8. The number of fused-ring (bicyclic) bond motifs is 5. The molecule has 2 N–H and O–H groups in total. The maximum Gasteiger partial charge on any atom is 0.277 e. The van der Waals surface area contributed by atoms with Gasteiger partial charge in [0.15, 0.2) is 11.4 Å². The molecule has 9 nitrogen and oxygen atoms in total. The Morgan fingerprint density at radius 2 is 2.12 bits per heavy atom. The van der Waals surface area contributed by atoms with Gasteiger partial charge in [0.05, 0.1) is 24.3 Å². The lowest BCUT2D eigenvalue weighted by Gasteiger charge is -2.43. The molecule has 1 aromatic heterocycles. The van der Waals surface area contributed by atoms with E-state index in [2.05, 4.69) is 5.32 Å². The van der Waals surface area contributed by atoms with Crippen LogP contribution in [0, 0.1) is 11.7 Å². The third-order valence-electron chi connectivity index (χ3n) is 6.42. The van der Waals surface area contributed by atoms with Crippen LogP contribution in [-0.4, -0.2) is 59.0 Å². The first-order chi connectivity index (χ1) is 15.3. The number of hydrogen-bond donors (Lipinski definition) is 2. The number of halogens is 2. The van der Waals surface area contributed by atoms with Crippen molar-refractivity contribution in [2.75, 3.05) is 25.3 Å². The van der Waals surface area contributed by atoms with Crippen LogP contribution in [0.3, 0.4) is 0 Å². The van der Waals surface area contributed by atoms with Gasteiger partial charge < -0.3 is 20.1 Å². The summed E-state index contributed by atoms with van der Waals surface area (Å²) in [6, 6.07) is 4.33. The average molecular weight is 463 g/mol. The summed E-state index contributed by atoms with van der Waals surface area (Å²) in [5.74, 6) is -2.59. The lowest BCUT2D eigenvalue weighted by atomic mass is 10.0. The molecule has 11 heteroatoms. The fraction of sp³-hybridized carbons (Fsp3) is 0.381. The molecule has 168 valence electrons. The number of amides is 2. The van der Waals surface area contributed by atoms with E-state index in [-0.39, 0.29) is 46.5 Å². The number of ether oxygens (including phenoxy) is 1. The Kier molecular flexibility index (Phi) is 4.86. The minimum Gasteiger partial charge on any atom is -0.502 e. The van der Waals surface area contributed by atoms with E-state index in [1.165, 1.54) is 27.9 Å². The van der Waals surface area contributed by atoms with Crippen molar-refractivity contribution >= 4 is 23.4 Å². The molecular formula is C21H20ClFN4O5. The van der Waals surface area contributed by atoms with Gasteiger partial charge in [0, 0.05) is 31.3 Å². The highest BCUT2D eigenvalue weighted by molar-refractivity contribution is 6.30. The van der Waals surface area contributed by atoms with E-state index >= 15 is 0 Å². The summed E-state index contributed by atoms with van der Waals surface area (Å²) in [5.41, 5.74) is -1.37. The number of nitrogens with zero attached hydrogens (tertiary/aromatic N) is 3. The molecule has 2 aromatic rings. The molecule has 5 rings (SSSR count). The number of nitrogens with one attached hydrogen (secondary N) is 1. The van der Waals surface area contributed by atoms with Crippen molar-refractivity contribution in [3.63, 3.8) is 0 Å². The van der Waals surface area contributed by atoms with E-state index in [0.29, 0.717) is 19.6 Å². The predicted octanol–water partition coefficient (Wildman–Crippen LogP) is 1.04. The van der Waals surface area contributed by atoms with E-state index in [4.69, 9.17) is 16.3 Å². The Morgan fingerprint density at radius 1 is 1.34 bits per heavy atom. The van der Waals surface area contributed by atoms with Gasteiger partial charge in [-0.2, -0.15) is 0 Å². The van der Waals surface area contributed by atoms with E-state index < -0.39 is 28.8 Å². The van der Waals surface area contributed by atoms with Gasteiger partial charge >= 0.3 is 0 Å². The zero-order valence-corrected chi connectivity index (χ0v) is 17.8. The van der Waals surface area contributed by atoms with Crippen LogP contribution in [0.1, 0.15) is 32.8 Å². The molecule has 32 heavy (non-hydrogen) atoms. The van der Waals surface area contributed by atoms with Crippen LogP contribution in [-0.2, 0) is 11.3 Å². The van der Waals surface area contributed by atoms with Crippen LogP contribution in [0.25, 0.3) is 0 Å². The number of hydrogen-bond acceptors (Lipinski definition) is 6. The second-order valence-electron chi connectivity index (χ2n) is 8.19. The van der Waals surface area contributed by atoms with Gasteiger partial charge in [-0.3, -0.25) is 24.1 Å². The summed E-state index contributed by atoms with van der Waals surface area (Å²) in [7, 11) is 1.62. The van der Waals surface area contributed by atoms with Gasteiger partial charge in [-0.05, 0) is 12.5 Å².